The van der Waals surface area contributed by atoms with Crippen molar-refractivity contribution in [3.05, 3.63) is 23.8 Å². The topological polar surface area (TPSA) is 38.8 Å². The number of fused-ring (bicyclic) bond motifs is 1. The number of halogens is 1. The van der Waals surface area contributed by atoms with Crippen molar-refractivity contribution in [3.8, 4) is 11.5 Å². The van der Waals surface area contributed by atoms with Gasteiger partial charge in [0, 0.05) is 13.6 Å². The van der Waals surface area contributed by atoms with Crippen LogP contribution in [0.15, 0.2) is 18.2 Å². The summed E-state index contributed by atoms with van der Waals surface area (Å²) >= 11 is 5.77. The van der Waals surface area contributed by atoms with E-state index in [1.165, 1.54) is 0 Å². The highest BCUT2D eigenvalue weighted by atomic mass is 35.5. The van der Waals surface area contributed by atoms with Crippen LogP contribution in [0, 0.1) is 0 Å². The first-order valence-corrected chi connectivity index (χ1v) is 6.29. The van der Waals surface area contributed by atoms with Crippen molar-refractivity contribution >= 4 is 17.5 Å². The molecule has 0 saturated carbocycles. The average Bonchev–Trinajstić information content (AvgIpc) is 2.37. The van der Waals surface area contributed by atoms with Crippen molar-refractivity contribution in [2.45, 2.75) is 18.8 Å². The molecule has 0 spiro atoms. The van der Waals surface area contributed by atoms with Gasteiger partial charge in [-0.05, 0) is 24.6 Å². The Morgan fingerprint density at radius 1 is 1.39 bits per heavy atom. The molecule has 0 aliphatic carbocycles. The Hall–Kier alpha value is -1.42. The van der Waals surface area contributed by atoms with E-state index in [0.29, 0.717) is 19.8 Å². The van der Waals surface area contributed by atoms with Crippen LogP contribution in [0.1, 0.15) is 12.5 Å². The highest BCUT2D eigenvalue weighted by Crippen LogP contribution is 2.31. The van der Waals surface area contributed by atoms with Gasteiger partial charge >= 0.3 is 0 Å². The molecule has 5 heteroatoms. The lowest BCUT2D eigenvalue weighted by atomic mass is 10.2. The second-order valence-corrected chi connectivity index (χ2v) is 4.94. The van der Waals surface area contributed by atoms with E-state index in [1.807, 2.05) is 18.2 Å². The van der Waals surface area contributed by atoms with Gasteiger partial charge in [-0.2, -0.15) is 0 Å². The van der Waals surface area contributed by atoms with Crippen molar-refractivity contribution in [1.82, 2.24) is 4.90 Å². The zero-order valence-corrected chi connectivity index (χ0v) is 11.2. The van der Waals surface area contributed by atoms with Gasteiger partial charge in [-0.3, -0.25) is 4.79 Å². The molecular weight excluding hydrogens is 254 g/mol. The molecule has 1 aromatic carbocycles. The molecule has 0 bridgehead atoms. The maximum Gasteiger partial charge on any atom is 0.240 e. The summed E-state index contributed by atoms with van der Waals surface area (Å²) in [5, 5.41) is -0.507. The molecule has 98 valence electrons. The van der Waals surface area contributed by atoms with E-state index in [1.54, 1.807) is 18.9 Å². The van der Waals surface area contributed by atoms with Crippen LogP contribution in [-0.4, -0.2) is 36.4 Å². The Bertz CT molecular complexity index is 448. The Morgan fingerprint density at radius 2 is 2.06 bits per heavy atom. The van der Waals surface area contributed by atoms with Crippen molar-refractivity contribution in [2.75, 3.05) is 20.3 Å². The minimum atomic E-state index is -0.507. The number of carbonyl (C=O) groups excluding carboxylic acids is 1. The fourth-order valence-electron chi connectivity index (χ4n) is 1.84. The van der Waals surface area contributed by atoms with Crippen LogP contribution >= 0.6 is 11.6 Å². The van der Waals surface area contributed by atoms with Gasteiger partial charge in [-0.15, -0.1) is 11.6 Å². The lowest BCUT2D eigenvalue weighted by Crippen LogP contribution is -2.31. The number of amides is 1. The Labute approximate surface area is 111 Å². The molecule has 18 heavy (non-hydrogen) atoms. The van der Waals surface area contributed by atoms with E-state index in [2.05, 4.69) is 0 Å². The van der Waals surface area contributed by atoms with Crippen LogP contribution in [0.5, 0.6) is 11.5 Å². The van der Waals surface area contributed by atoms with E-state index in [-0.39, 0.29) is 5.91 Å². The fraction of sp³-hybridized carbons (Fsp3) is 0.462. The maximum absolute atomic E-state index is 11.7. The standard InChI is InChI=1S/C13H16ClNO3/c1-9(14)13(16)15(2)8-10-3-4-11-12(7-10)18-6-5-17-11/h3-4,7,9H,5-6,8H2,1-2H3. The molecule has 1 aliphatic rings. The molecule has 1 unspecified atom stereocenters. The summed E-state index contributed by atoms with van der Waals surface area (Å²) < 4.78 is 10.9. The summed E-state index contributed by atoms with van der Waals surface area (Å²) in [7, 11) is 1.73. The van der Waals surface area contributed by atoms with Crippen LogP contribution in [0.4, 0.5) is 0 Å². The van der Waals surface area contributed by atoms with Crippen LogP contribution in [-0.2, 0) is 11.3 Å². The second-order valence-electron chi connectivity index (χ2n) is 4.29. The summed E-state index contributed by atoms with van der Waals surface area (Å²) in [4.78, 5) is 13.3. The van der Waals surface area contributed by atoms with Gasteiger partial charge in [0.25, 0.3) is 0 Å². The number of hydrogen-bond donors (Lipinski definition) is 0. The smallest absolute Gasteiger partial charge is 0.240 e. The van der Waals surface area contributed by atoms with Crippen molar-refractivity contribution in [1.29, 1.82) is 0 Å². The monoisotopic (exact) mass is 269 g/mol. The second kappa shape index (κ2) is 5.48. The van der Waals surface area contributed by atoms with E-state index in [9.17, 15) is 4.79 Å². The number of ether oxygens (including phenoxy) is 2. The Balaban J connectivity index is 2.08. The molecule has 1 amide bonds. The first kappa shape index (κ1) is 13.0. The Morgan fingerprint density at radius 3 is 2.72 bits per heavy atom. The summed E-state index contributed by atoms with van der Waals surface area (Å²) in [6.45, 7) is 3.31. The van der Waals surface area contributed by atoms with Gasteiger partial charge < -0.3 is 14.4 Å². The molecule has 2 rings (SSSR count). The zero-order chi connectivity index (χ0) is 13.1. The minimum absolute atomic E-state index is 0.0912. The first-order chi connectivity index (χ1) is 8.58. The van der Waals surface area contributed by atoms with Gasteiger partial charge in [-0.1, -0.05) is 6.07 Å². The maximum atomic E-state index is 11.7. The number of carbonyl (C=O) groups is 1. The van der Waals surface area contributed by atoms with E-state index < -0.39 is 5.38 Å². The molecule has 4 nitrogen and oxygen atoms in total. The third-order valence-electron chi connectivity index (χ3n) is 2.74. The van der Waals surface area contributed by atoms with Gasteiger partial charge in [0.1, 0.15) is 18.6 Å². The minimum Gasteiger partial charge on any atom is -0.486 e. The SMILES string of the molecule is CC(Cl)C(=O)N(C)Cc1ccc2c(c1)OCCO2. The highest BCUT2D eigenvalue weighted by molar-refractivity contribution is 6.30. The number of alkyl halides is 1. The molecule has 0 aromatic heterocycles. The number of hydrogen-bond acceptors (Lipinski definition) is 3. The molecule has 1 heterocycles. The van der Waals surface area contributed by atoms with E-state index in [0.717, 1.165) is 17.1 Å². The summed E-state index contributed by atoms with van der Waals surface area (Å²) in [6.07, 6.45) is 0. The van der Waals surface area contributed by atoms with Gasteiger partial charge in [0.05, 0.1) is 0 Å². The molecule has 1 aromatic rings. The van der Waals surface area contributed by atoms with Crippen LogP contribution < -0.4 is 9.47 Å². The predicted octanol–water partition coefficient (Wildman–Crippen LogP) is 2.04. The van der Waals surface area contributed by atoms with Crippen molar-refractivity contribution in [2.24, 2.45) is 0 Å². The molecule has 1 aliphatic heterocycles. The number of nitrogens with zero attached hydrogens (tertiary/aromatic N) is 1. The zero-order valence-electron chi connectivity index (χ0n) is 10.5. The fourth-order valence-corrected chi connectivity index (χ4v) is 2.01. The first-order valence-electron chi connectivity index (χ1n) is 5.85. The molecule has 1 atom stereocenters. The van der Waals surface area contributed by atoms with Crippen LogP contribution in [0.2, 0.25) is 0 Å². The van der Waals surface area contributed by atoms with E-state index >= 15 is 0 Å². The lowest BCUT2D eigenvalue weighted by molar-refractivity contribution is -0.129. The molecule has 0 radical (unpaired) electrons. The average molecular weight is 270 g/mol. The van der Waals surface area contributed by atoms with Gasteiger partial charge in [-0.25, -0.2) is 0 Å². The number of benzene rings is 1. The molecule has 0 N–H and O–H groups in total. The summed E-state index contributed by atoms with van der Waals surface area (Å²) in [5.74, 6) is 1.40. The Kier molecular flexibility index (Phi) is 3.97. The lowest BCUT2D eigenvalue weighted by Gasteiger charge is -2.21. The third kappa shape index (κ3) is 2.88. The quantitative estimate of drug-likeness (QED) is 0.789. The van der Waals surface area contributed by atoms with Gasteiger partial charge in [0.15, 0.2) is 11.5 Å². The van der Waals surface area contributed by atoms with Crippen molar-refractivity contribution in [3.63, 3.8) is 0 Å². The van der Waals surface area contributed by atoms with Crippen LogP contribution in [0.25, 0.3) is 0 Å². The molecule has 0 fully saturated rings. The molecular formula is C13H16ClNO3. The highest BCUT2D eigenvalue weighted by Gasteiger charge is 2.16. The largest absolute Gasteiger partial charge is 0.486 e. The summed E-state index contributed by atoms with van der Waals surface area (Å²) in [5.41, 5.74) is 0.993. The molecule has 0 saturated heterocycles. The van der Waals surface area contributed by atoms with Gasteiger partial charge in [0.2, 0.25) is 5.91 Å². The predicted molar refractivity (Wildman–Crippen MR) is 69.2 cm³/mol. The van der Waals surface area contributed by atoms with Crippen LogP contribution in [0.3, 0.4) is 0 Å². The normalized spacial score (nSPS) is 15.1. The third-order valence-corrected chi connectivity index (χ3v) is 2.93. The van der Waals surface area contributed by atoms with Crippen molar-refractivity contribution < 1.29 is 14.3 Å². The summed E-state index contributed by atoms with van der Waals surface area (Å²) in [6, 6.07) is 5.69. The number of rotatable bonds is 3. The van der Waals surface area contributed by atoms with E-state index in [4.69, 9.17) is 21.1 Å².